The number of hydrogen-bond donors (Lipinski definition) is 2. The molecule has 0 spiro atoms. The number of aliphatic carboxylic acids is 1. The Kier molecular flexibility index (Phi) is 5.20. The molecule has 1 aromatic carbocycles. The van der Waals surface area contributed by atoms with Gasteiger partial charge in [-0.2, -0.15) is 0 Å². The maximum Gasteiger partial charge on any atom is 0.306 e. The molecule has 4 atom stereocenters. The van der Waals surface area contributed by atoms with Gasteiger partial charge < -0.3 is 19.7 Å². The standard InChI is InChI=1S/C19H27NO5/c1-11(19(22)23)6-13-10-20-5-4-12-7-17(24-2)18(25-3)8-14(12)15(20)9-16(13)21/h7-8,11,13,15-16,21H,4-6,9-10H2,1-3H3,(H,22,23)/t11?,13-,15-,16+/m1/s1. The van der Waals surface area contributed by atoms with E-state index in [1.807, 2.05) is 12.1 Å². The van der Waals surface area contributed by atoms with Crippen molar-refractivity contribution in [3.63, 3.8) is 0 Å². The zero-order chi connectivity index (χ0) is 18.1. The van der Waals surface area contributed by atoms with E-state index in [1.165, 1.54) is 11.1 Å². The van der Waals surface area contributed by atoms with Crippen molar-refractivity contribution in [1.82, 2.24) is 4.90 Å². The van der Waals surface area contributed by atoms with Crippen LogP contribution in [0.3, 0.4) is 0 Å². The van der Waals surface area contributed by atoms with Crippen molar-refractivity contribution in [2.24, 2.45) is 11.8 Å². The summed E-state index contributed by atoms with van der Waals surface area (Å²) in [5, 5.41) is 19.8. The number of fused-ring (bicyclic) bond motifs is 3. The Balaban J connectivity index is 1.82. The number of ether oxygens (including phenoxy) is 2. The fourth-order valence-corrected chi connectivity index (χ4v) is 4.21. The van der Waals surface area contributed by atoms with Crippen molar-refractivity contribution in [1.29, 1.82) is 0 Å². The van der Waals surface area contributed by atoms with Crippen LogP contribution in [0.25, 0.3) is 0 Å². The topological polar surface area (TPSA) is 79.2 Å². The van der Waals surface area contributed by atoms with Gasteiger partial charge in [-0.3, -0.25) is 9.69 Å². The number of methoxy groups -OCH3 is 2. The van der Waals surface area contributed by atoms with Gasteiger partial charge in [0.25, 0.3) is 0 Å². The van der Waals surface area contributed by atoms with Crippen LogP contribution in [0.1, 0.15) is 36.9 Å². The molecule has 0 radical (unpaired) electrons. The molecule has 2 aliphatic rings. The van der Waals surface area contributed by atoms with Gasteiger partial charge >= 0.3 is 5.97 Å². The molecule has 6 nitrogen and oxygen atoms in total. The van der Waals surface area contributed by atoms with Crippen LogP contribution in [0.2, 0.25) is 0 Å². The van der Waals surface area contributed by atoms with E-state index in [2.05, 4.69) is 4.90 Å². The summed E-state index contributed by atoms with van der Waals surface area (Å²) in [6.07, 6.45) is 1.57. The molecule has 1 unspecified atom stereocenters. The number of nitrogens with zero attached hydrogens (tertiary/aromatic N) is 1. The SMILES string of the molecule is COc1cc2c(cc1OC)[C@H]1C[C@H](O)[C@H](CC(C)C(=O)O)CN1CC2. The van der Waals surface area contributed by atoms with Crippen LogP contribution in [0, 0.1) is 11.8 Å². The molecule has 2 heterocycles. The van der Waals surface area contributed by atoms with E-state index in [9.17, 15) is 9.90 Å². The van der Waals surface area contributed by atoms with Crippen LogP contribution < -0.4 is 9.47 Å². The maximum absolute atomic E-state index is 11.1. The van der Waals surface area contributed by atoms with E-state index in [0.717, 1.165) is 25.3 Å². The Morgan fingerprint density at radius 1 is 1.32 bits per heavy atom. The van der Waals surface area contributed by atoms with Crippen molar-refractivity contribution < 1.29 is 24.5 Å². The highest BCUT2D eigenvalue weighted by Gasteiger charge is 2.39. The smallest absolute Gasteiger partial charge is 0.306 e. The van der Waals surface area contributed by atoms with Gasteiger partial charge in [-0.15, -0.1) is 0 Å². The second-order valence-corrected chi connectivity index (χ2v) is 7.20. The molecular formula is C19H27NO5. The molecule has 0 saturated carbocycles. The third-order valence-electron chi connectivity index (χ3n) is 5.67. The van der Waals surface area contributed by atoms with Crippen molar-refractivity contribution in [3.8, 4) is 11.5 Å². The van der Waals surface area contributed by atoms with Gasteiger partial charge in [0.15, 0.2) is 11.5 Å². The number of carboxylic acid groups (broad SMARTS) is 1. The minimum Gasteiger partial charge on any atom is -0.493 e. The van der Waals surface area contributed by atoms with Gasteiger partial charge in [0, 0.05) is 19.1 Å². The van der Waals surface area contributed by atoms with E-state index in [-0.39, 0.29) is 12.0 Å². The van der Waals surface area contributed by atoms with Gasteiger partial charge in [-0.25, -0.2) is 0 Å². The summed E-state index contributed by atoms with van der Waals surface area (Å²) in [6, 6.07) is 4.21. The minimum absolute atomic E-state index is 0.00374. The molecule has 138 valence electrons. The average molecular weight is 349 g/mol. The Morgan fingerprint density at radius 2 is 2.00 bits per heavy atom. The monoisotopic (exact) mass is 349 g/mol. The second kappa shape index (κ2) is 7.22. The van der Waals surface area contributed by atoms with E-state index in [1.54, 1.807) is 21.1 Å². The maximum atomic E-state index is 11.1. The normalized spacial score (nSPS) is 27.1. The first-order chi connectivity index (χ1) is 11.9. The van der Waals surface area contributed by atoms with Crippen LogP contribution in [0.4, 0.5) is 0 Å². The molecule has 2 N–H and O–H groups in total. The van der Waals surface area contributed by atoms with E-state index in [0.29, 0.717) is 18.6 Å². The lowest BCUT2D eigenvalue weighted by Gasteiger charge is -2.46. The molecule has 0 bridgehead atoms. The number of rotatable bonds is 5. The van der Waals surface area contributed by atoms with E-state index in [4.69, 9.17) is 14.6 Å². The predicted molar refractivity (Wildman–Crippen MR) is 93.1 cm³/mol. The fraction of sp³-hybridized carbons (Fsp3) is 0.632. The van der Waals surface area contributed by atoms with Gasteiger partial charge in [0.1, 0.15) is 0 Å². The Morgan fingerprint density at radius 3 is 2.64 bits per heavy atom. The summed E-state index contributed by atoms with van der Waals surface area (Å²) in [5.41, 5.74) is 2.43. The number of piperidine rings is 1. The molecule has 1 saturated heterocycles. The van der Waals surface area contributed by atoms with Gasteiger partial charge in [-0.05, 0) is 48.4 Å². The number of aliphatic hydroxyl groups excluding tert-OH is 1. The van der Waals surface area contributed by atoms with Crippen molar-refractivity contribution in [3.05, 3.63) is 23.3 Å². The second-order valence-electron chi connectivity index (χ2n) is 7.20. The minimum atomic E-state index is -0.796. The highest BCUT2D eigenvalue weighted by atomic mass is 16.5. The van der Waals surface area contributed by atoms with Gasteiger partial charge in [0.2, 0.25) is 0 Å². The Hall–Kier alpha value is -1.79. The van der Waals surface area contributed by atoms with Crippen LogP contribution in [-0.4, -0.2) is 54.5 Å². The first kappa shape index (κ1) is 18.0. The molecule has 1 aromatic rings. The first-order valence-electron chi connectivity index (χ1n) is 8.84. The summed E-state index contributed by atoms with van der Waals surface area (Å²) in [5.74, 6) is 0.218. The van der Waals surface area contributed by atoms with E-state index < -0.39 is 18.0 Å². The summed E-state index contributed by atoms with van der Waals surface area (Å²) in [7, 11) is 3.27. The number of benzene rings is 1. The zero-order valence-electron chi connectivity index (χ0n) is 15.1. The van der Waals surface area contributed by atoms with Gasteiger partial charge in [0.05, 0.1) is 26.2 Å². The highest BCUT2D eigenvalue weighted by Crippen LogP contribution is 2.43. The quantitative estimate of drug-likeness (QED) is 0.847. The molecule has 25 heavy (non-hydrogen) atoms. The molecule has 2 aliphatic heterocycles. The Labute approximate surface area is 148 Å². The average Bonchev–Trinajstić information content (AvgIpc) is 2.60. The number of aliphatic hydroxyl groups is 1. The lowest BCUT2D eigenvalue weighted by atomic mass is 9.79. The molecule has 0 amide bonds. The number of carbonyl (C=O) groups is 1. The predicted octanol–water partition coefficient (Wildman–Crippen LogP) is 2.09. The van der Waals surface area contributed by atoms with Gasteiger partial charge in [-0.1, -0.05) is 6.92 Å². The number of carboxylic acids is 1. The summed E-state index contributed by atoms with van der Waals surface area (Å²) >= 11 is 0. The van der Waals surface area contributed by atoms with Crippen LogP contribution in [0.15, 0.2) is 12.1 Å². The fourth-order valence-electron chi connectivity index (χ4n) is 4.21. The number of hydrogen-bond acceptors (Lipinski definition) is 5. The molecule has 0 aliphatic carbocycles. The van der Waals surface area contributed by atoms with Crippen LogP contribution in [0.5, 0.6) is 11.5 Å². The van der Waals surface area contributed by atoms with Crippen molar-refractivity contribution >= 4 is 5.97 Å². The first-order valence-corrected chi connectivity index (χ1v) is 8.84. The van der Waals surface area contributed by atoms with Crippen molar-refractivity contribution in [2.45, 2.75) is 38.3 Å². The van der Waals surface area contributed by atoms with Crippen LogP contribution in [-0.2, 0) is 11.2 Å². The highest BCUT2D eigenvalue weighted by molar-refractivity contribution is 5.69. The lowest BCUT2D eigenvalue weighted by molar-refractivity contribution is -0.142. The Bertz CT molecular complexity index is 647. The largest absolute Gasteiger partial charge is 0.493 e. The summed E-state index contributed by atoms with van der Waals surface area (Å²) in [4.78, 5) is 13.5. The summed E-state index contributed by atoms with van der Waals surface area (Å²) in [6.45, 7) is 3.36. The molecule has 1 fully saturated rings. The third kappa shape index (κ3) is 3.46. The third-order valence-corrected chi connectivity index (χ3v) is 5.67. The molecular weight excluding hydrogens is 322 g/mol. The lowest BCUT2D eigenvalue weighted by Crippen LogP contribution is -2.48. The molecule has 3 rings (SSSR count). The van der Waals surface area contributed by atoms with Crippen molar-refractivity contribution in [2.75, 3.05) is 27.3 Å². The zero-order valence-corrected chi connectivity index (χ0v) is 15.1. The van der Waals surface area contributed by atoms with E-state index >= 15 is 0 Å². The molecule has 0 aromatic heterocycles. The van der Waals surface area contributed by atoms with Crippen LogP contribution >= 0.6 is 0 Å². The summed E-state index contributed by atoms with van der Waals surface area (Å²) < 4.78 is 10.8. The molecule has 6 heteroatoms.